The van der Waals surface area contributed by atoms with Crippen molar-refractivity contribution in [2.45, 2.75) is 45.8 Å². The fourth-order valence-electron chi connectivity index (χ4n) is 1.08. The molecule has 62 valence electrons. The highest BCUT2D eigenvalue weighted by Gasteiger charge is 2.05. The molecule has 2 heteroatoms. The Balaban J connectivity index is 3.26. The van der Waals surface area contributed by atoms with Gasteiger partial charge < -0.3 is 10.2 Å². The number of aliphatic hydroxyl groups is 2. The Morgan fingerprint density at radius 3 is 1.80 bits per heavy atom. The lowest BCUT2D eigenvalue weighted by Gasteiger charge is -2.11. The molecule has 0 rings (SSSR count). The molecule has 0 radical (unpaired) electrons. The van der Waals surface area contributed by atoms with E-state index in [9.17, 15) is 0 Å². The standard InChI is InChI=1S/C8H18O2/c1-3-7(4-2)5-6-8(9)10/h7-10H,3-6H2,1-2H3. The zero-order chi connectivity index (χ0) is 7.98. The second kappa shape index (κ2) is 5.69. The summed E-state index contributed by atoms with van der Waals surface area (Å²) in [6.45, 7) is 4.27. The quantitative estimate of drug-likeness (QED) is 0.577. The predicted octanol–water partition coefficient (Wildman–Crippen LogP) is 1.51. The maximum atomic E-state index is 8.55. The number of hydrogen-bond donors (Lipinski definition) is 2. The van der Waals surface area contributed by atoms with Crippen LogP contribution in [0, 0.1) is 5.92 Å². The van der Waals surface area contributed by atoms with Crippen molar-refractivity contribution >= 4 is 0 Å². The molecular weight excluding hydrogens is 128 g/mol. The van der Waals surface area contributed by atoms with Crippen LogP contribution in [0.3, 0.4) is 0 Å². The molecule has 0 aliphatic heterocycles. The molecule has 0 aromatic rings. The van der Waals surface area contributed by atoms with Gasteiger partial charge in [-0.05, 0) is 18.8 Å². The van der Waals surface area contributed by atoms with Crippen molar-refractivity contribution in [1.29, 1.82) is 0 Å². The summed E-state index contributed by atoms with van der Waals surface area (Å²) in [6.07, 6.45) is 2.63. The molecule has 10 heavy (non-hydrogen) atoms. The van der Waals surface area contributed by atoms with E-state index in [4.69, 9.17) is 10.2 Å². The van der Waals surface area contributed by atoms with E-state index < -0.39 is 6.29 Å². The highest BCUT2D eigenvalue weighted by Crippen LogP contribution is 2.14. The van der Waals surface area contributed by atoms with Crippen molar-refractivity contribution in [2.75, 3.05) is 0 Å². The van der Waals surface area contributed by atoms with Crippen LogP contribution < -0.4 is 0 Å². The molecule has 2 nitrogen and oxygen atoms in total. The number of rotatable bonds is 5. The first-order valence-corrected chi connectivity index (χ1v) is 4.06. The van der Waals surface area contributed by atoms with Gasteiger partial charge in [-0.3, -0.25) is 0 Å². The molecule has 2 N–H and O–H groups in total. The van der Waals surface area contributed by atoms with Crippen LogP contribution in [0.4, 0.5) is 0 Å². The van der Waals surface area contributed by atoms with Crippen molar-refractivity contribution in [2.24, 2.45) is 5.92 Å². The first-order valence-electron chi connectivity index (χ1n) is 4.06. The van der Waals surface area contributed by atoms with E-state index in [1.54, 1.807) is 0 Å². The SMILES string of the molecule is CCC(CC)CCC(O)O. The van der Waals surface area contributed by atoms with Gasteiger partial charge in [0.15, 0.2) is 6.29 Å². The van der Waals surface area contributed by atoms with E-state index in [0.717, 1.165) is 19.3 Å². The third kappa shape index (κ3) is 4.77. The number of aliphatic hydroxyl groups excluding tert-OH is 1. The topological polar surface area (TPSA) is 40.5 Å². The first kappa shape index (κ1) is 9.92. The Morgan fingerprint density at radius 2 is 1.50 bits per heavy atom. The molecule has 0 saturated heterocycles. The summed E-state index contributed by atoms with van der Waals surface area (Å²) in [5.41, 5.74) is 0. The van der Waals surface area contributed by atoms with Gasteiger partial charge in [0.05, 0.1) is 0 Å². The van der Waals surface area contributed by atoms with Crippen LogP contribution in [0.15, 0.2) is 0 Å². The van der Waals surface area contributed by atoms with E-state index in [1.165, 1.54) is 0 Å². The molecule has 0 heterocycles. The van der Waals surface area contributed by atoms with Crippen molar-refractivity contribution in [3.8, 4) is 0 Å². The Kier molecular flexibility index (Phi) is 5.64. The third-order valence-corrected chi connectivity index (χ3v) is 1.99. The summed E-state index contributed by atoms with van der Waals surface area (Å²) >= 11 is 0. The lowest BCUT2D eigenvalue weighted by molar-refractivity contribution is -0.0490. The lowest BCUT2D eigenvalue weighted by atomic mass is 9.98. The normalized spacial score (nSPS) is 11.4. The van der Waals surface area contributed by atoms with Gasteiger partial charge in [-0.2, -0.15) is 0 Å². The van der Waals surface area contributed by atoms with Gasteiger partial charge in [0, 0.05) is 0 Å². The third-order valence-electron chi connectivity index (χ3n) is 1.99. The summed E-state index contributed by atoms with van der Waals surface area (Å²) in [6, 6.07) is 0. The number of hydrogen-bond acceptors (Lipinski definition) is 2. The molecule has 0 fully saturated rings. The fourth-order valence-corrected chi connectivity index (χ4v) is 1.08. The predicted molar refractivity (Wildman–Crippen MR) is 41.5 cm³/mol. The highest BCUT2D eigenvalue weighted by atomic mass is 16.5. The zero-order valence-corrected chi connectivity index (χ0v) is 6.88. The Labute approximate surface area is 62.9 Å². The summed E-state index contributed by atoms with van der Waals surface area (Å²) in [5, 5.41) is 17.1. The molecule has 0 aromatic heterocycles. The van der Waals surface area contributed by atoms with E-state index in [1.807, 2.05) is 0 Å². The van der Waals surface area contributed by atoms with Crippen LogP contribution in [0.5, 0.6) is 0 Å². The van der Waals surface area contributed by atoms with Crippen LogP contribution >= 0.6 is 0 Å². The Morgan fingerprint density at radius 1 is 1.00 bits per heavy atom. The van der Waals surface area contributed by atoms with Gasteiger partial charge in [0.2, 0.25) is 0 Å². The molecule has 0 aromatic carbocycles. The van der Waals surface area contributed by atoms with Crippen LogP contribution in [0.25, 0.3) is 0 Å². The highest BCUT2D eigenvalue weighted by molar-refractivity contribution is 4.54. The average Bonchev–Trinajstić information content (AvgIpc) is 1.90. The molecular formula is C8H18O2. The van der Waals surface area contributed by atoms with E-state index in [2.05, 4.69) is 13.8 Å². The van der Waals surface area contributed by atoms with Crippen molar-refractivity contribution in [1.82, 2.24) is 0 Å². The Hall–Kier alpha value is -0.0800. The minimum atomic E-state index is -1.11. The van der Waals surface area contributed by atoms with Gasteiger partial charge in [0.25, 0.3) is 0 Å². The molecule has 0 spiro atoms. The van der Waals surface area contributed by atoms with Crippen LogP contribution in [-0.2, 0) is 0 Å². The van der Waals surface area contributed by atoms with Crippen molar-refractivity contribution in [3.63, 3.8) is 0 Å². The van der Waals surface area contributed by atoms with E-state index in [0.29, 0.717) is 12.3 Å². The summed E-state index contributed by atoms with van der Waals surface area (Å²) < 4.78 is 0. The van der Waals surface area contributed by atoms with Crippen LogP contribution in [-0.4, -0.2) is 16.5 Å². The summed E-state index contributed by atoms with van der Waals surface area (Å²) in [7, 11) is 0. The molecule has 0 aliphatic rings. The van der Waals surface area contributed by atoms with Gasteiger partial charge in [-0.15, -0.1) is 0 Å². The monoisotopic (exact) mass is 146 g/mol. The zero-order valence-electron chi connectivity index (χ0n) is 6.88. The fraction of sp³-hybridized carbons (Fsp3) is 1.00. The second-order valence-electron chi connectivity index (χ2n) is 2.74. The molecule has 0 saturated carbocycles. The minimum Gasteiger partial charge on any atom is -0.368 e. The van der Waals surface area contributed by atoms with Crippen LogP contribution in [0.2, 0.25) is 0 Å². The first-order chi connectivity index (χ1) is 4.70. The molecule has 0 unspecified atom stereocenters. The summed E-state index contributed by atoms with van der Waals surface area (Å²) in [5.74, 6) is 0.668. The smallest absolute Gasteiger partial charge is 0.151 e. The van der Waals surface area contributed by atoms with Gasteiger partial charge in [-0.1, -0.05) is 26.7 Å². The van der Waals surface area contributed by atoms with Gasteiger partial charge >= 0.3 is 0 Å². The molecule has 0 bridgehead atoms. The summed E-state index contributed by atoms with van der Waals surface area (Å²) in [4.78, 5) is 0. The van der Waals surface area contributed by atoms with Crippen molar-refractivity contribution in [3.05, 3.63) is 0 Å². The lowest BCUT2D eigenvalue weighted by Crippen LogP contribution is -2.07. The van der Waals surface area contributed by atoms with E-state index in [-0.39, 0.29) is 0 Å². The second-order valence-corrected chi connectivity index (χ2v) is 2.74. The van der Waals surface area contributed by atoms with Gasteiger partial charge in [0.1, 0.15) is 0 Å². The van der Waals surface area contributed by atoms with Crippen molar-refractivity contribution < 1.29 is 10.2 Å². The molecule has 0 atom stereocenters. The maximum Gasteiger partial charge on any atom is 0.151 e. The molecule has 0 amide bonds. The Bertz CT molecular complexity index is 67.7. The maximum absolute atomic E-state index is 8.55. The minimum absolute atomic E-state index is 0.520. The van der Waals surface area contributed by atoms with Crippen LogP contribution in [0.1, 0.15) is 39.5 Å². The van der Waals surface area contributed by atoms with E-state index >= 15 is 0 Å². The van der Waals surface area contributed by atoms with Gasteiger partial charge in [-0.25, -0.2) is 0 Å². The average molecular weight is 146 g/mol. The largest absolute Gasteiger partial charge is 0.368 e. The molecule has 0 aliphatic carbocycles.